The SMILES string of the molecule is [C-]#CC#CC1=C=CC=C1. The molecule has 1 aliphatic rings. The summed E-state index contributed by atoms with van der Waals surface area (Å²) in [7, 11) is 0. The average Bonchev–Trinajstić information content (AvgIpc) is 2.34. The van der Waals surface area contributed by atoms with Gasteiger partial charge in [-0.15, -0.1) is 5.73 Å². The number of allylic oxidation sites excluding steroid dienone is 3. The van der Waals surface area contributed by atoms with Gasteiger partial charge in [0.15, 0.2) is 0 Å². The second-order valence-electron chi connectivity index (χ2n) is 1.46. The Hall–Kier alpha value is -1.62. The lowest BCUT2D eigenvalue weighted by Crippen LogP contribution is -1.61. The molecule has 0 aromatic rings. The molecule has 0 heteroatoms. The molecule has 0 nitrogen and oxygen atoms in total. The van der Waals surface area contributed by atoms with Crippen LogP contribution >= 0.6 is 0 Å². The van der Waals surface area contributed by atoms with E-state index in [2.05, 4.69) is 17.6 Å². The first kappa shape index (κ1) is 5.52. The highest BCUT2D eigenvalue weighted by Gasteiger charge is 1.80. The van der Waals surface area contributed by atoms with Gasteiger partial charge in [-0.05, 0) is 12.2 Å². The van der Waals surface area contributed by atoms with E-state index in [-0.39, 0.29) is 0 Å². The van der Waals surface area contributed by atoms with E-state index >= 15 is 0 Å². The predicted octanol–water partition coefficient (Wildman–Crippen LogP) is 1.23. The van der Waals surface area contributed by atoms with Gasteiger partial charge in [0.2, 0.25) is 0 Å². The van der Waals surface area contributed by atoms with Gasteiger partial charge in [0, 0.05) is 5.57 Å². The summed E-state index contributed by atoms with van der Waals surface area (Å²) in [4.78, 5) is 0. The van der Waals surface area contributed by atoms with Crippen LogP contribution in [0.4, 0.5) is 0 Å². The van der Waals surface area contributed by atoms with E-state index in [1.807, 2.05) is 18.1 Å². The first-order valence-electron chi connectivity index (χ1n) is 2.49. The summed E-state index contributed by atoms with van der Waals surface area (Å²) >= 11 is 0. The van der Waals surface area contributed by atoms with Crippen molar-refractivity contribution >= 4 is 0 Å². The van der Waals surface area contributed by atoms with Crippen LogP contribution < -0.4 is 0 Å². The zero-order valence-electron chi connectivity index (χ0n) is 4.73. The molecule has 0 amide bonds. The Labute approximate surface area is 54.6 Å². The lowest BCUT2D eigenvalue weighted by atomic mass is 10.3. The zero-order valence-corrected chi connectivity index (χ0v) is 4.73. The average molecular weight is 111 g/mol. The highest BCUT2D eigenvalue weighted by Crippen LogP contribution is 1.97. The molecule has 0 unspecified atom stereocenters. The molecule has 0 aromatic heterocycles. The topological polar surface area (TPSA) is 0 Å². The van der Waals surface area contributed by atoms with Crippen molar-refractivity contribution in [1.82, 2.24) is 0 Å². The summed E-state index contributed by atoms with van der Waals surface area (Å²) in [5.74, 6) is 7.03. The zero-order chi connectivity index (χ0) is 6.53. The second-order valence-corrected chi connectivity index (χ2v) is 1.46. The highest BCUT2D eigenvalue weighted by atomic mass is 13.9. The lowest BCUT2D eigenvalue weighted by Gasteiger charge is -1.78. The van der Waals surface area contributed by atoms with Crippen molar-refractivity contribution in [2.75, 3.05) is 0 Å². The third-order valence-corrected chi connectivity index (χ3v) is 0.858. The van der Waals surface area contributed by atoms with Crippen molar-refractivity contribution in [3.63, 3.8) is 0 Å². The van der Waals surface area contributed by atoms with Gasteiger partial charge in [0.05, 0.1) is 0 Å². The molecule has 40 valence electrons. The minimum atomic E-state index is 0.815. The van der Waals surface area contributed by atoms with E-state index in [1.54, 1.807) is 6.08 Å². The fourth-order valence-corrected chi connectivity index (χ4v) is 0.507. The van der Waals surface area contributed by atoms with Gasteiger partial charge in [-0.2, -0.15) is 5.92 Å². The summed E-state index contributed by atoms with van der Waals surface area (Å²) in [6.45, 7) is 0. The predicted molar refractivity (Wildman–Crippen MR) is 35.6 cm³/mol. The van der Waals surface area contributed by atoms with Gasteiger partial charge in [0.25, 0.3) is 0 Å². The summed E-state index contributed by atoms with van der Waals surface area (Å²) < 4.78 is 0. The van der Waals surface area contributed by atoms with Crippen LogP contribution in [0.25, 0.3) is 0 Å². The molecule has 0 aliphatic heterocycles. The van der Waals surface area contributed by atoms with Crippen molar-refractivity contribution in [3.8, 4) is 17.8 Å². The van der Waals surface area contributed by atoms with Gasteiger partial charge >= 0.3 is 0 Å². The van der Waals surface area contributed by atoms with Gasteiger partial charge < -0.3 is 6.42 Å². The lowest BCUT2D eigenvalue weighted by molar-refractivity contribution is 1.89. The Morgan fingerprint density at radius 2 is 2.44 bits per heavy atom. The molecule has 0 aromatic carbocycles. The van der Waals surface area contributed by atoms with Crippen LogP contribution in [0.1, 0.15) is 0 Å². The maximum atomic E-state index is 6.47. The number of hydrogen-bond donors (Lipinski definition) is 0. The Bertz CT molecular complexity index is 291. The van der Waals surface area contributed by atoms with Crippen LogP contribution in [-0.2, 0) is 0 Å². The van der Waals surface area contributed by atoms with Crippen molar-refractivity contribution in [2.45, 2.75) is 0 Å². The minimum absolute atomic E-state index is 0.815. The second kappa shape index (κ2) is 2.63. The summed E-state index contributed by atoms with van der Waals surface area (Å²) in [6, 6.07) is 0. The fraction of sp³-hybridized carbons (Fsp3) is 0. The van der Waals surface area contributed by atoms with E-state index in [4.69, 9.17) is 6.42 Å². The van der Waals surface area contributed by atoms with Gasteiger partial charge in [-0.1, -0.05) is 6.08 Å². The Morgan fingerprint density at radius 3 is 3.00 bits per heavy atom. The van der Waals surface area contributed by atoms with Crippen LogP contribution in [0.5, 0.6) is 0 Å². The Morgan fingerprint density at radius 1 is 1.56 bits per heavy atom. The quantitative estimate of drug-likeness (QED) is 0.250. The van der Waals surface area contributed by atoms with Gasteiger partial charge in [-0.25, -0.2) is 5.92 Å². The molecule has 0 fully saturated rings. The van der Waals surface area contributed by atoms with Crippen LogP contribution in [0.15, 0.2) is 29.5 Å². The van der Waals surface area contributed by atoms with E-state index in [1.165, 1.54) is 0 Å². The smallest absolute Gasteiger partial charge is 0.0465 e. The molecule has 0 saturated heterocycles. The molecule has 0 spiro atoms. The summed E-state index contributed by atoms with van der Waals surface area (Å²) in [6.07, 6.45) is 11.9. The molecule has 0 N–H and O–H groups in total. The molecule has 9 heavy (non-hydrogen) atoms. The molecule has 0 heterocycles. The van der Waals surface area contributed by atoms with Crippen molar-refractivity contribution in [2.24, 2.45) is 0 Å². The van der Waals surface area contributed by atoms with E-state index in [9.17, 15) is 0 Å². The maximum absolute atomic E-state index is 6.47. The largest absolute Gasteiger partial charge is 0.358 e. The van der Waals surface area contributed by atoms with Crippen LogP contribution in [0.2, 0.25) is 0 Å². The Balaban J connectivity index is 2.81. The number of rotatable bonds is 0. The monoisotopic (exact) mass is 111 g/mol. The highest BCUT2D eigenvalue weighted by molar-refractivity contribution is 5.45. The van der Waals surface area contributed by atoms with Crippen LogP contribution in [0, 0.1) is 24.2 Å². The third-order valence-electron chi connectivity index (χ3n) is 0.858. The molecular formula is C9H3-. The normalized spacial score (nSPS) is 11.7. The Kier molecular flexibility index (Phi) is 1.61. The van der Waals surface area contributed by atoms with Crippen LogP contribution in [-0.4, -0.2) is 0 Å². The molecule has 0 saturated carbocycles. The molecule has 1 rings (SSSR count). The first-order chi connectivity index (χ1) is 4.43. The van der Waals surface area contributed by atoms with Gasteiger partial charge in [0.1, 0.15) is 0 Å². The van der Waals surface area contributed by atoms with E-state index in [0.29, 0.717) is 0 Å². The first-order valence-corrected chi connectivity index (χ1v) is 2.49. The standard InChI is InChI=1S/C9H3/c1-2-3-6-9-7-4-5-8-9/h4-5,7H/q-1. The summed E-state index contributed by atoms with van der Waals surface area (Å²) in [5, 5.41) is 0. The van der Waals surface area contributed by atoms with Gasteiger partial charge in [-0.3, -0.25) is 5.92 Å². The van der Waals surface area contributed by atoms with Crippen LogP contribution in [0.3, 0.4) is 0 Å². The maximum Gasteiger partial charge on any atom is 0.0465 e. The fourth-order valence-electron chi connectivity index (χ4n) is 0.507. The van der Waals surface area contributed by atoms with Crippen molar-refractivity contribution in [3.05, 3.63) is 36.0 Å². The van der Waals surface area contributed by atoms with E-state index in [0.717, 1.165) is 5.57 Å². The minimum Gasteiger partial charge on any atom is -0.358 e. The molecular weight excluding hydrogens is 108 g/mol. The molecule has 0 atom stereocenters. The number of hydrogen-bond acceptors (Lipinski definition) is 0. The van der Waals surface area contributed by atoms with Crippen molar-refractivity contribution < 1.29 is 0 Å². The molecule has 1 aliphatic carbocycles. The molecule has 0 bridgehead atoms. The molecule has 0 radical (unpaired) electrons. The summed E-state index contributed by atoms with van der Waals surface area (Å²) in [5.41, 5.74) is 3.69. The van der Waals surface area contributed by atoms with Crippen molar-refractivity contribution in [1.29, 1.82) is 0 Å². The third kappa shape index (κ3) is 1.39. The van der Waals surface area contributed by atoms with E-state index < -0.39 is 0 Å².